The summed E-state index contributed by atoms with van der Waals surface area (Å²) in [6.45, 7) is 5.06. The smallest absolute Gasteiger partial charge is 0.111 e. The Hall–Kier alpha value is -0.240. The monoisotopic (exact) mass is 434 g/mol. The number of hydrogen-bond acceptors (Lipinski definition) is 6. The molecule has 0 amide bonds. The van der Waals surface area contributed by atoms with Crippen molar-refractivity contribution < 1.29 is 29.9 Å². The molecular weight excluding hydrogens is 384 g/mol. The van der Waals surface area contributed by atoms with Gasteiger partial charge in [-0.1, -0.05) is 90.9 Å². The average molecular weight is 435 g/mol. The lowest BCUT2D eigenvalue weighted by atomic mass is 10.0. The van der Waals surface area contributed by atoms with Crippen LogP contribution in [0.3, 0.4) is 0 Å². The van der Waals surface area contributed by atoms with Crippen LogP contribution in [0.25, 0.3) is 0 Å². The third kappa shape index (κ3) is 16.5. The van der Waals surface area contributed by atoms with Crippen molar-refractivity contribution in [1.82, 2.24) is 0 Å². The molecule has 4 N–H and O–H groups in total. The Morgan fingerprint density at radius 3 is 1.57 bits per heavy atom. The van der Waals surface area contributed by atoms with Crippen LogP contribution >= 0.6 is 0 Å². The first kappa shape index (κ1) is 29.8. The highest BCUT2D eigenvalue weighted by Crippen LogP contribution is 2.13. The van der Waals surface area contributed by atoms with Gasteiger partial charge in [-0.15, -0.1) is 0 Å². The Morgan fingerprint density at radius 2 is 1.07 bits per heavy atom. The number of ether oxygens (including phenoxy) is 2. The summed E-state index contributed by atoms with van der Waals surface area (Å²) in [6.07, 6.45) is 11.7. The van der Waals surface area contributed by atoms with Crippen LogP contribution in [0.15, 0.2) is 0 Å². The molecule has 30 heavy (non-hydrogen) atoms. The summed E-state index contributed by atoms with van der Waals surface area (Å²) in [7, 11) is 0. The highest BCUT2D eigenvalue weighted by atomic mass is 16.5. The van der Waals surface area contributed by atoms with Crippen LogP contribution in [0.5, 0.6) is 0 Å². The van der Waals surface area contributed by atoms with E-state index in [2.05, 4.69) is 13.8 Å². The fourth-order valence-electron chi connectivity index (χ4n) is 3.46. The first-order valence-electron chi connectivity index (χ1n) is 12.4. The standard InChI is InChI=1S/C24H50O6/c1-3-5-7-9-11-13-15-17-29-20-22(24(28)23(27)21(26)19-25)30-18-16-14-12-10-8-6-4-2/h21-28H,3-20H2,1-2H3/t21-,22+,23-,24-/m1/s1. The molecule has 6 nitrogen and oxygen atoms in total. The number of hydrogen-bond donors (Lipinski definition) is 4. The molecule has 182 valence electrons. The van der Waals surface area contributed by atoms with Crippen molar-refractivity contribution in [3.8, 4) is 0 Å². The third-order valence-electron chi connectivity index (χ3n) is 5.57. The van der Waals surface area contributed by atoms with E-state index in [1.54, 1.807) is 0 Å². The maximum Gasteiger partial charge on any atom is 0.111 e. The number of aliphatic hydroxyl groups excluding tert-OH is 4. The van der Waals surface area contributed by atoms with Crippen molar-refractivity contribution in [1.29, 1.82) is 0 Å². The largest absolute Gasteiger partial charge is 0.394 e. The zero-order valence-corrected chi connectivity index (χ0v) is 19.6. The molecule has 0 aliphatic rings. The van der Waals surface area contributed by atoms with Crippen molar-refractivity contribution >= 4 is 0 Å². The fraction of sp³-hybridized carbons (Fsp3) is 1.00. The van der Waals surface area contributed by atoms with E-state index < -0.39 is 31.0 Å². The second-order valence-electron chi connectivity index (χ2n) is 8.46. The lowest BCUT2D eigenvalue weighted by Crippen LogP contribution is -2.48. The minimum atomic E-state index is -1.46. The molecule has 0 aromatic carbocycles. The number of aliphatic hydroxyl groups is 4. The second kappa shape index (κ2) is 22.0. The van der Waals surface area contributed by atoms with E-state index in [0.29, 0.717) is 13.2 Å². The van der Waals surface area contributed by atoms with E-state index in [4.69, 9.17) is 14.6 Å². The molecule has 0 aliphatic carbocycles. The Bertz CT molecular complexity index is 342. The minimum Gasteiger partial charge on any atom is -0.394 e. The van der Waals surface area contributed by atoms with Gasteiger partial charge in [0, 0.05) is 13.2 Å². The molecule has 0 saturated carbocycles. The molecule has 6 heteroatoms. The first-order valence-corrected chi connectivity index (χ1v) is 12.4. The van der Waals surface area contributed by atoms with Crippen LogP contribution in [-0.2, 0) is 9.47 Å². The normalized spacial score (nSPS) is 15.8. The molecule has 0 spiro atoms. The lowest BCUT2D eigenvalue weighted by Gasteiger charge is -2.29. The van der Waals surface area contributed by atoms with Crippen molar-refractivity contribution in [2.75, 3.05) is 26.4 Å². The lowest BCUT2D eigenvalue weighted by molar-refractivity contribution is -0.147. The molecule has 0 heterocycles. The van der Waals surface area contributed by atoms with E-state index in [9.17, 15) is 15.3 Å². The predicted octanol–water partition coefficient (Wildman–Crippen LogP) is 3.96. The van der Waals surface area contributed by atoms with Crippen LogP contribution in [0.4, 0.5) is 0 Å². The van der Waals surface area contributed by atoms with E-state index in [1.165, 1.54) is 64.2 Å². The zero-order valence-electron chi connectivity index (χ0n) is 19.6. The van der Waals surface area contributed by atoms with Gasteiger partial charge in [0.05, 0.1) is 13.2 Å². The fourth-order valence-corrected chi connectivity index (χ4v) is 3.46. The van der Waals surface area contributed by atoms with Gasteiger partial charge >= 0.3 is 0 Å². The van der Waals surface area contributed by atoms with Crippen LogP contribution in [0.2, 0.25) is 0 Å². The minimum absolute atomic E-state index is 0.169. The van der Waals surface area contributed by atoms with Gasteiger partial charge in [-0.05, 0) is 12.8 Å². The number of unbranched alkanes of at least 4 members (excludes halogenated alkanes) is 12. The molecule has 0 rings (SSSR count). The molecule has 0 aromatic heterocycles. The molecule has 0 aromatic rings. The van der Waals surface area contributed by atoms with E-state index in [1.807, 2.05) is 0 Å². The Kier molecular flexibility index (Phi) is 21.8. The van der Waals surface area contributed by atoms with Crippen molar-refractivity contribution in [3.63, 3.8) is 0 Å². The zero-order chi connectivity index (χ0) is 22.5. The van der Waals surface area contributed by atoms with Gasteiger partial charge < -0.3 is 29.9 Å². The quantitative estimate of drug-likeness (QED) is 0.182. The number of rotatable bonds is 23. The third-order valence-corrected chi connectivity index (χ3v) is 5.57. The molecule has 4 atom stereocenters. The van der Waals surface area contributed by atoms with Gasteiger partial charge in [0.25, 0.3) is 0 Å². The van der Waals surface area contributed by atoms with Crippen LogP contribution in [0, 0.1) is 0 Å². The highest BCUT2D eigenvalue weighted by molar-refractivity contribution is 4.81. The van der Waals surface area contributed by atoms with Crippen molar-refractivity contribution in [2.24, 2.45) is 0 Å². The average Bonchev–Trinajstić information content (AvgIpc) is 2.76. The summed E-state index contributed by atoms with van der Waals surface area (Å²) < 4.78 is 11.5. The Balaban J connectivity index is 4.13. The van der Waals surface area contributed by atoms with Gasteiger partial charge in [0.15, 0.2) is 0 Å². The summed E-state index contributed by atoms with van der Waals surface area (Å²) >= 11 is 0. The van der Waals surface area contributed by atoms with Gasteiger partial charge in [-0.3, -0.25) is 0 Å². The van der Waals surface area contributed by atoms with Crippen LogP contribution < -0.4 is 0 Å². The maximum absolute atomic E-state index is 10.4. The van der Waals surface area contributed by atoms with Gasteiger partial charge in [-0.25, -0.2) is 0 Å². The molecule has 0 saturated heterocycles. The van der Waals surface area contributed by atoms with Crippen LogP contribution in [-0.4, -0.2) is 71.3 Å². The summed E-state index contributed by atoms with van der Waals surface area (Å²) in [5.74, 6) is 0. The Morgan fingerprint density at radius 1 is 0.600 bits per heavy atom. The first-order chi connectivity index (χ1) is 14.6. The molecule has 0 aliphatic heterocycles. The van der Waals surface area contributed by atoms with E-state index >= 15 is 0 Å². The SMILES string of the molecule is CCCCCCCCCOC[C@H](OCCCCCCCCC)[C@@H](O)[C@H](O)[C@H](O)CO. The van der Waals surface area contributed by atoms with E-state index in [0.717, 1.165) is 25.7 Å². The topological polar surface area (TPSA) is 99.4 Å². The Labute approximate surface area is 185 Å². The molecule has 0 radical (unpaired) electrons. The maximum atomic E-state index is 10.4. The van der Waals surface area contributed by atoms with E-state index in [-0.39, 0.29) is 6.61 Å². The van der Waals surface area contributed by atoms with Crippen molar-refractivity contribution in [3.05, 3.63) is 0 Å². The molecule has 0 unspecified atom stereocenters. The summed E-state index contributed by atoms with van der Waals surface area (Å²) in [5, 5.41) is 39.1. The second-order valence-corrected chi connectivity index (χ2v) is 8.46. The molecular formula is C24H50O6. The molecule has 0 fully saturated rings. The summed E-state index contributed by atoms with van der Waals surface area (Å²) in [6, 6.07) is 0. The van der Waals surface area contributed by atoms with Crippen LogP contribution in [0.1, 0.15) is 104 Å². The summed E-state index contributed by atoms with van der Waals surface area (Å²) in [5.41, 5.74) is 0. The van der Waals surface area contributed by atoms with Gasteiger partial charge in [0.1, 0.15) is 24.4 Å². The van der Waals surface area contributed by atoms with Crippen molar-refractivity contribution in [2.45, 2.75) is 128 Å². The van der Waals surface area contributed by atoms with Gasteiger partial charge in [0.2, 0.25) is 0 Å². The highest BCUT2D eigenvalue weighted by Gasteiger charge is 2.31. The predicted molar refractivity (Wildman–Crippen MR) is 122 cm³/mol. The molecule has 0 bridgehead atoms. The van der Waals surface area contributed by atoms with Gasteiger partial charge in [-0.2, -0.15) is 0 Å². The summed E-state index contributed by atoms with van der Waals surface area (Å²) in [4.78, 5) is 0.